The summed E-state index contributed by atoms with van der Waals surface area (Å²) < 4.78 is 9.23. The van der Waals surface area contributed by atoms with Crippen LogP contribution >= 0.6 is 11.9 Å². The van der Waals surface area contributed by atoms with Gasteiger partial charge in [0.1, 0.15) is 11.5 Å². The van der Waals surface area contributed by atoms with Crippen LogP contribution in [0.4, 0.5) is 5.69 Å². The Morgan fingerprint density at radius 1 is 1.00 bits per heavy atom. The summed E-state index contributed by atoms with van der Waals surface area (Å²) in [6.07, 6.45) is 4.51. The van der Waals surface area contributed by atoms with Crippen molar-refractivity contribution in [3.05, 3.63) is 54.9 Å². The Morgan fingerprint density at radius 3 is 2.68 bits per heavy atom. The van der Waals surface area contributed by atoms with Crippen LogP contribution in [0.25, 0.3) is 11.0 Å². The summed E-state index contributed by atoms with van der Waals surface area (Å²) in [4.78, 5) is 8.55. The summed E-state index contributed by atoms with van der Waals surface area (Å²) in [6.45, 7) is 2.16. The van der Waals surface area contributed by atoms with Crippen molar-refractivity contribution < 1.29 is 4.74 Å². The van der Waals surface area contributed by atoms with Crippen molar-refractivity contribution in [3.63, 3.8) is 0 Å². The van der Waals surface area contributed by atoms with Crippen LogP contribution in [0.15, 0.2) is 54.9 Å². The van der Waals surface area contributed by atoms with Gasteiger partial charge in [0.05, 0.1) is 11.0 Å². The number of aromatic nitrogens is 2. The van der Waals surface area contributed by atoms with E-state index in [0.29, 0.717) is 0 Å². The summed E-state index contributed by atoms with van der Waals surface area (Å²) in [5.41, 5.74) is 2.73. The largest absolute Gasteiger partial charge is 0.457 e. The smallest absolute Gasteiger partial charge is 0.129 e. The lowest BCUT2D eigenvalue weighted by Crippen LogP contribution is -1.90. The molecule has 112 valence electrons. The predicted molar refractivity (Wildman–Crippen MR) is 92.4 cm³/mol. The first kappa shape index (κ1) is 14.7. The second-order valence-electron chi connectivity index (χ2n) is 4.79. The Kier molecular flexibility index (Phi) is 4.75. The number of nitrogens with zero attached hydrogens (tertiary/aromatic N) is 2. The zero-order valence-corrected chi connectivity index (χ0v) is 13.1. The second kappa shape index (κ2) is 7.13. The van der Waals surface area contributed by atoms with E-state index in [1.165, 1.54) is 0 Å². The molecule has 3 rings (SSSR count). The molecule has 0 amide bonds. The molecule has 0 bridgehead atoms. The molecular weight excluding hydrogens is 294 g/mol. The normalized spacial score (nSPS) is 10.6. The molecule has 0 fully saturated rings. The van der Waals surface area contributed by atoms with Crippen LogP contribution in [-0.2, 0) is 0 Å². The molecule has 4 nitrogen and oxygen atoms in total. The molecule has 1 aromatic heterocycles. The summed E-state index contributed by atoms with van der Waals surface area (Å²) in [5, 5.41) is 0. The Labute approximate surface area is 134 Å². The molecule has 0 saturated heterocycles. The summed E-state index contributed by atoms with van der Waals surface area (Å²) in [5.74, 6) is 2.63. The quantitative estimate of drug-likeness (QED) is 0.518. The van der Waals surface area contributed by atoms with Crippen LogP contribution in [0.1, 0.15) is 13.3 Å². The minimum absolute atomic E-state index is 0.756. The minimum atomic E-state index is 0.756. The third-order valence-corrected chi connectivity index (χ3v) is 4.00. The predicted octanol–water partition coefficient (Wildman–Crippen LogP) is 4.89. The highest BCUT2D eigenvalue weighted by Crippen LogP contribution is 2.26. The van der Waals surface area contributed by atoms with Gasteiger partial charge < -0.3 is 9.46 Å². The van der Waals surface area contributed by atoms with E-state index in [-0.39, 0.29) is 0 Å². The Bertz CT molecular complexity index is 763. The highest BCUT2D eigenvalue weighted by Gasteiger charge is 2.02. The van der Waals surface area contributed by atoms with E-state index in [9.17, 15) is 0 Å². The van der Waals surface area contributed by atoms with Crippen molar-refractivity contribution in [1.29, 1.82) is 0 Å². The van der Waals surface area contributed by atoms with E-state index in [0.717, 1.165) is 40.4 Å². The molecule has 1 heterocycles. The molecule has 22 heavy (non-hydrogen) atoms. The molecule has 0 aliphatic heterocycles. The van der Waals surface area contributed by atoms with Gasteiger partial charge in [-0.05, 0) is 30.7 Å². The van der Waals surface area contributed by atoms with Gasteiger partial charge in [0.2, 0.25) is 0 Å². The minimum Gasteiger partial charge on any atom is -0.457 e. The lowest BCUT2D eigenvalue weighted by molar-refractivity contribution is 0.483. The van der Waals surface area contributed by atoms with Crippen LogP contribution in [0.5, 0.6) is 11.5 Å². The number of nitrogens with one attached hydrogen (secondary N) is 1. The van der Waals surface area contributed by atoms with Gasteiger partial charge in [-0.3, -0.25) is 9.97 Å². The third-order valence-electron chi connectivity index (χ3n) is 3.01. The lowest BCUT2D eigenvalue weighted by Gasteiger charge is -2.09. The van der Waals surface area contributed by atoms with E-state index in [4.69, 9.17) is 4.74 Å². The number of anilines is 1. The summed E-state index contributed by atoms with van der Waals surface area (Å²) in [6, 6.07) is 13.7. The van der Waals surface area contributed by atoms with Crippen molar-refractivity contribution in [2.24, 2.45) is 0 Å². The Morgan fingerprint density at radius 2 is 1.82 bits per heavy atom. The van der Waals surface area contributed by atoms with E-state index in [1.54, 1.807) is 24.3 Å². The molecule has 3 aromatic rings. The monoisotopic (exact) mass is 311 g/mol. The SMILES string of the molecule is CCCSNc1cccc(Oc2ccc3nccnc3c2)c1. The fourth-order valence-electron chi connectivity index (χ4n) is 2.00. The van der Waals surface area contributed by atoms with Crippen LogP contribution in [0.3, 0.4) is 0 Å². The van der Waals surface area contributed by atoms with Gasteiger partial charge in [-0.15, -0.1) is 0 Å². The van der Waals surface area contributed by atoms with Crippen LogP contribution in [0.2, 0.25) is 0 Å². The highest BCUT2D eigenvalue weighted by molar-refractivity contribution is 8.00. The highest BCUT2D eigenvalue weighted by atomic mass is 32.2. The topological polar surface area (TPSA) is 47.0 Å². The first-order chi connectivity index (χ1) is 10.8. The van der Waals surface area contributed by atoms with Gasteiger partial charge in [0.15, 0.2) is 0 Å². The lowest BCUT2D eigenvalue weighted by atomic mass is 10.2. The fraction of sp³-hybridized carbons (Fsp3) is 0.176. The first-order valence-electron chi connectivity index (χ1n) is 7.21. The van der Waals surface area contributed by atoms with Gasteiger partial charge in [-0.2, -0.15) is 0 Å². The molecule has 0 saturated carbocycles. The average Bonchev–Trinajstić information content (AvgIpc) is 2.55. The van der Waals surface area contributed by atoms with E-state index in [1.807, 2.05) is 42.5 Å². The summed E-state index contributed by atoms with van der Waals surface area (Å²) in [7, 11) is 0. The third kappa shape index (κ3) is 3.68. The van der Waals surface area contributed by atoms with Crippen molar-refractivity contribution in [2.45, 2.75) is 13.3 Å². The molecular formula is C17H17N3OS. The maximum Gasteiger partial charge on any atom is 0.129 e. The van der Waals surface area contributed by atoms with Crippen molar-refractivity contribution in [2.75, 3.05) is 10.5 Å². The molecule has 0 aliphatic rings. The molecule has 0 spiro atoms. The Balaban J connectivity index is 1.75. The van der Waals surface area contributed by atoms with E-state index < -0.39 is 0 Å². The van der Waals surface area contributed by atoms with Crippen LogP contribution in [-0.4, -0.2) is 15.7 Å². The van der Waals surface area contributed by atoms with Gasteiger partial charge in [-0.1, -0.05) is 24.9 Å². The number of hydrogen-bond acceptors (Lipinski definition) is 5. The average molecular weight is 311 g/mol. The van der Waals surface area contributed by atoms with Crippen LogP contribution < -0.4 is 9.46 Å². The maximum absolute atomic E-state index is 5.92. The van der Waals surface area contributed by atoms with Crippen molar-refractivity contribution in [1.82, 2.24) is 9.97 Å². The van der Waals surface area contributed by atoms with Gasteiger partial charge in [-0.25, -0.2) is 0 Å². The standard InChI is InChI=1S/C17H17N3OS/c1-2-10-22-20-13-4-3-5-14(11-13)21-15-6-7-16-17(12-15)19-9-8-18-16/h3-9,11-12,20H,2,10H2,1H3. The number of rotatable bonds is 6. The van der Waals surface area contributed by atoms with Crippen LogP contribution in [0, 0.1) is 0 Å². The molecule has 5 heteroatoms. The maximum atomic E-state index is 5.92. The fourth-order valence-corrected chi connectivity index (χ4v) is 2.60. The zero-order valence-electron chi connectivity index (χ0n) is 12.3. The Hall–Kier alpha value is -2.27. The van der Waals surface area contributed by atoms with Gasteiger partial charge in [0.25, 0.3) is 0 Å². The second-order valence-corrected chi connectivity index (χ2v) is 5.69. The molecule has 0 aliphatic carbocycles. The number of hydrogen-bond donors (Lipinski definition) is 1. The number of fused-ring (bicyclic) bond motifs is 1. The molecule has 2 aromatic carbocycles. The molecule has 0 atom stereocenters. The first-order valence-corrected chi connectivity index (χ1v) is 8.20. The molecule has 1 N–H and O–H groups in total. The van der Waals surface area contributed by atoms with Crippen molar-refractivity contribution >= 4 is 28.7 Å². The van der Waals surface area contributed by atoms with Gasteiger partial charge in [0, 0.05) is 36.0 Å². The number of benzene rings is 2. The van der Waals surface area contributed by atoms with E-state index >= 15 is 0 Å². The van der Waals surface area contributed by atoms with Gasteiger partial charge >= 0.3 is 0 Å². The number of ether oxygens (including phenoxy) is 1. The molecule has 0 radical (unpaired) electrons. The summed E-state index contributed by atoms with van der Waals surface area (Å²) >= 11 is 1.70. The van der Waals surface area contributed by atoms with Crippen molar-refractivity contribution in [3.8, 4) is 11.5 Å². The zero-order chi connectivity index (χ0) is 15.2. The molecule has 0 unspecified atom stereocenters. The van der Waals surface area contributed by atoms with E-state index in [2.05, 4.69) is 21.6 Å².